The molecule has 0 aliphatic heterocycles. The minimum Gasteiger partial charge on any atom is -0.508 e. The van der Waals surface area contributed by atoms with Crippen LogP contribution >= 0.6 is 0 Å². The quantitative estimate of drug-likeness (QED) is 0.297. The van der Waals surface area contributed by atoms with E-state index in [0.29, 0.717) is 38.6 Å². The van der Waals surface area contributed by atoms with Gasteiger partial charge in [-0.25, -0.2) is 0 Å². The number of nitrogens with two attached hydrogens (primary N) is 2. The Kier molecular flexibility index (Phi) is 10.4. The van der Waals surface area contributed by atoms with Crippen LogP contribution in [0.3, 0.4) is 0 Å². The lowest BCUT2D eigenvalue weighted by Crippen LogP contribution is -2.49. The first-order chi connectivity index (χ1) is 15.7. The van der Waals surface area contributed by atoms with E-state index >= 15 is 0 Å². The zero-order valence-corrected chi connectivity index (χ0v) is 19.9. The zero-order valence-electron chi connectivity index (χ0n) is 19.9. The van der Waals surface area contributed by atoms with Gasteiger partial charge in [0.15, 0.2) is 0 Å². The number of hydrogen-bond acceptors (Lipinski definition) is 5. The van der Waals surface area contributed by atoms with Gasteiger partial charge in [-0.15, -0.1) is 0 Å². The molecule has 7 N–H and O–H groups in total. The lowest BCUT2D eigenvalue weighted by Gasteiger charge is -2.25. The number of aromatic hydroxyl groups is 1. The van der Waals surface area contributed by atoms with E-state index < -0.39 is 6.04 Å². The van der Waals surface area contributed by atoms with E-state index in [1.165, 1.54) is 0 Å². The van der Waals surface area contributed by atoms with Crippen LogP contribution in [0.25, 0.3) is 11.1 Å². The van der Waals surface area contributed by atoms with E-state index in [-0.39, 0.29) is 29.7 Å². The van der Waals surface area contributed by atoms with Crippen LogP contribution in [0.5, 0.6) is 5.75 Å². The third kappa shape index (κ3) is 8.18. The first kappa shape index (κ1) is 26.4. The molecule has 0 aliphatic rings. The first-order valence-corrected chi connectivity index (χ1v) is 11.6. The third-order valence-electron chi connectivity index (χ3n) is 5.75. The predicted molar refractivity (Wildman–Crippen MR) is 133 cm³/mol. The van der Waals surface area contributed by atoms with Crippen LogP contribution < -0.4 is 22.1 Å². The van der Waals surface area contributed by atoms with Crippen LogP contribution in [-0.2, 0) is 22.4 Å². The average molecular weight is 455 g/mol. The number of benzene rings is 2. The smallest absolute Gasteiger partial charge is 0.242 e. The van der Waals surface area contributed by atoms with Gasteiger partial charge in [-0.3, -0.25) is 9.59 Å². The van der Waals surface area contributed by atoms with E-state index in [1.54, 1.807) is 6.07 Å². The molecule has 2 aromatic rings. The SMILES string of the molecule is CC(N)Cc1cc(-c2cccc(CC(NC(=O)[C@H](CCCN)NC=O)C(C)C)c2)ccc1O. The van der Waals surface area contributed by atoms with Crippen molar-refractivity contribution >= 4 is 12.3 Å². The van der Waals surface area contributed by atoms with Crippen molar-refractivity contribution in [2.24, 2.45) is 17.4 Å². The molecule has 7 heteroatoms. The van der Waals surface area contributed by atoms with Crippen LogP contribution in [-0.4, -0.2) is 42.1 Å². The highest BCUT2D eigenvalue weighted by molar-refractivity contribution is 5.83. The fraction of sp³-hybridized carbons (Fsp3) is 0.462. The molecule has 0 aromatic heterocycles. The maximum absolute atomic E-state index is 12.8. The number of carbonyl (C=O) groups is 2. The van der Waals surface area contributed by atoms with Crippen LogP contribution in [0.2, 0.25) is 0 Å². The summed E-state index contributed by atoms with van der Waals surface area (Å²) in [6, 6.07) is 13.1. The van der Waals surface area contributed by atoms with Gasteiger partial charge in [0.05, 0.1) is 0 Å². The van der Waals surface area contributed by atoms with E-state index in [9.17, 15) is 14.7 Å². The molecule has 2 aromatic carbocycles. The second-order valence-corrected chi connectivity index (χ2v) is 9.06. The zero-order chi connectivity index (χ0) is 24.4. The second kappa shape index (κ2) is 13.0. The number of rotatable bonds is 13. The molecule has 3 atom stereocenters. The van der Waals surface area contributed by atoms with Gasteiger partial charge in [-0.05, 0) is 79.5 Å². The molecule has 180 valence electrons. The van der Waals surface area contributed by atoms with Crippen molar-refractivity contribution in [3.63, 3.8) is 0 Å². The summed E-state index contributed by atoms with van der Waals surface area (Å²) in [5.74, 6) is 0.266. The van der Waals surface area contributed by atoms with Gasteiger partial charge >= 0.3 is 0 Å². The van der Waals surface area contributed by atoms with Gasteiger partial charge in [0, 0.05) is 12.1 Å². The number of hydrogen-bond donors (Lipinski definition) is 5. The Balaban J connectivity index is 2.19. The molecule has 0 saturated heterocycles. The standard InChI is InChI=1S/C26H38N4O3/c1-17(2)24(30-26(33)23(29-16-31)8-5-11-27)14-19-6-4-7-20(13-19)21-9-10-25(32)22(15-21)12-18(3)28/h4,6-7,9-10,13,15-18,23-24,32H,5,8,11-12,14,27-28H2,1-3H3,(H,29,31)(H,30,33)/t18?,23-,24?/m0/s1. The van der Waals surface area contributed by atoms with Gasteiger partial charge in [0.1, 0.15) is 11.8 Å². The molecule has 33 heavy (non-hydrogen) atoms. The fourth-order valence-electron chi connectivity index (χ4n) is 3.84. The number of nitrogens with one attached hydrogen (secondary N) is 2. The van der Waals surface area contributed by atoms with Crippen molar-refractivity contribution in [1.29, 1.82) is 0 Å². The maximum atomic E-state index is 12.8. The van der Waals surface area contributed by atoms with Crippen molar-refractivity contribution in [2.75, 3.05) is 6.54 Å². The largest absolute Gasteiger partial charge is 0.508 e. The highest BCUT2D eigenvalue weighted by Gasteiger charge is 2.23. The van der Waals surface area contributed by atoms with Crippen molar-refractivity contribution in [2.45, 2.75) is 64.6 Å². The van der Waals surface area contributed by atoms with Crippen molar-refractivity contribution in [3.05, 3.63) is 53.6 Å². The van der Waals surface area contributed by atoms with E-state index in [1.807, 2.05) is 37.3 Å². The number of phenols is 1. The van der Waals surface area contributed by atoms with Gasteiger partial charge in [0.2, 0.25) is 12.3 Å². The van der Waals surface area contributed by atoms with Gasteiger partial charge in [-0.2, -0.15) is 0 Å². The molecule has 7 nitrogen and oxygen atoms in total. The minimum atomic E-state index is -0.584. The predicted octanol–water partition coefficient (Wildman–Crippen LogP) is 2.49. The number of amides is 2. The summed E-state index contributed by atoms with van der Waals surface area (Å²) in [5, 5.41) is 15.9. The monoisotopic (exact) mass is 454 g/mol. The summed E-state index contributed by atoms with van der Waals surface area (Å²) < 4.78 is 0. The van der Waals surface area contributed by atoms with Crippen LogP contribution in [0, 0.1) is 5.92 Å². The highest BCUT2D eigenvalue weighted by Crippen LogP contribution is 2.28. The molecule has 0 radical (unpaired) electrons. The molecule has 2 amide bonds. The molecule has 0 bridgehead atoms. The van der Waals surface area contributed by atoms with E-state index in [0.717, 1.165) is 22.3 Å². The Morgan fingerprint density at radius 2 is 1.82 bits per heavy atom. The Labute approximate surface area is 196 Å². The first-order valence-electron chi connectivity index (χ1n) is 11.6. The summed E-state index contributed by atoms with van der Waals surface area (Å²) in [5.41, 5.74) is 15.4. The summed E-state index contributed by atoms with van der Waals surface area (Å²) >= 11 is 0. The van der Waals surface area contributed by atoms with Crippen LogP contribution in [0.15, 0.2) is 42.5 Å². The van der Waals surface area contributed by atoms with Gasteiger partial charge < -0.3 is 27.2 Å². The molecule has 0 spiro atoms. The molecule has 0 aliphatic carbocycles. The normalized spacial score (nSPS) is 13.9. The summed E-state index contributed by atoms with van der Waals surface area (Å²) in [7, 11) is 0. The summed E-state index contributed by atoms with van der Waals surface area (Å²) in [4.78, 5) is 23.7. The van der Waals surface area contributed by atoms with E-state index in [2.05, 4.69) is 30.5 Å². The lowest BCUT2D eigenvalue weighted by atomic mass is 9.93. The maximum Gasteiger partial charge on any atom is 0.242 e. The Hall–Kier alpha value is -2.90. The van der Waals surface area contributed by atoms with Crippen LogP contribution in [0.1, 0.15) is 44.7 Å². The Morgan fingerprint density at radius 3 is 2.45 bits per heavy atom. The molecule has 0 saturated carbocycles. The molecule has 2 rings (SSSR count). The summed E-state index contributed by atoms with van der Waals surface area (Å²) in [6.07, 6.45) is 2.98. The number of carbonyl (C=O) groups excluding carboxylic acids is 2. The molecule has 2 unspecified atom stereocenters. The van der Waals surface area contributed by atoms with Crippen molar-refractivity contribution in [3.8, 4) is 16.9 Å². The van der Waals surface area contributed by atoms with Crippen LogP contribution in [0.4, 0.5) is 0 Å². The van der Waals surface area contributed by atoms with Gasteiger partial charge in [0.25, 0.3) is 0 Å². The molecule has 0 fully saturated rings. The molecule has 0 heterocycles. The highest BCUT2D eigenvalue weighted by atomic mass is 16.3. The van der Waals surface area contributed by atoms with E-state index in [4.69, 9.17) is 11.5 Å². The molecular weight excluding hydrogens is 416 g/mol. The Bertz CT molecular complexity index is 914. The van der Waals surface area contributed by atoms with Gasteiger partial charge in [-0.1, -0.05) is 44.2 Å². The third-order valence-corrected chi connectivity index (χ3v) is 5.75. The minimum absolute atomic E-state index is 0.0460. The van der Waals surface area contributed by atoms with Crippen molar-refractivity contribution in [1.82, 2.24) is 10.6 Å². The topological polar surface area (TPSA) is 130 Å². The summed E-state index contributed by atoms with van der Waals surface area (Å²) in [6.45, 7) is 6.51. The molecular formula is C26H38N4O3. The Morgan fingerprint density at radius 1 is 1.09 bits per heavy atom. The van der Waals surface area contributed by atoms with Crippen molar-refractivity contribution < 1.29 is 14.7 Å². The average Bonchev–Trinajstić information content (AvgIpc) is 2.77. The second-order valence-electron chi connectivity index (χ2n) is 9.06. The fourth-order valence-corrected chi connectivity index (χ4v) is 3.84. The number of phenolic OH excluding ortho intramolecular Hbond substituents is 1. The lowest BCUT2D eigenvalue weighted by molar-refractivity contribution is -0.126.